The normalized spacial score (nSPS) is 12.6. The van der Waals surface area contributed by atoms with Gasteiger partial charge in [0.2, 0.25) is 0 Å². The molecule has 0 N–H and O–H groups in total. The lowest BCUT2D eigenvalue weighted by atomic mass is 9.73. The van der Waals surface area contributed by atoms with Crippen LogP contribution in [0.25, 0.3) is 50.1 Å². The summed E-state index contributed by atoms with van der Waals surface area (Å²) in [5, 5.41) is 2.31. The molecule has 0 spiro atoms. The average molecular weight is 1020 g/mol. The first-order valence-corrected chi connectivity index (χ1v) is 27.5. The molecule has 3 aromatic heterocycles. The van der Waals surface area contributed by atoms with Gasteiger partial charge in [0, 0.05) is 39.3 Å². The highest BCUT2D eigenvalue weighted by Crippen LogP contribution is 2.45. The number of pyridine rings is 1. The largest absolute Gasteiger partial charge is 0.458 e. The molecule has 0 bridgehead atoms. The van der Waals surface area contributed by atoms with Gasteiger partial charge in [-0.05, 0) is 116 Å². The molecule has 5 nitrogen and oxygen atoms in total. The minimum atomic E-state index is -0.539. The van der Waals surface area contributed by atoms with Crippen LogP contribution >= 0.6 is 0 Å². The molecular formula is C73H72N4O. The molecule has 8 aromatic carbocycles. The van der Waals surface area contributed by atoms with Crippen molar-refractivity contribution in [2.24, 2.45) is 0 Å². The summed E-state index contributed by atoms with van der Waals surface area (Å²) in [5.41, 5.74) is 14.3. The van der Waals surface area contributed by atoms with Crippen LogP contribution in [-0.4, -0.2) is 14.1 Å². The Hall–Kier alpha value is -8.28. The van der Waals surface area contributed by atoms with E-state index in [0.717, 1.165) is 73.2 Å². The van der Waals surface area contributed by atoms with Crippen molar-refractivity contribution in [3.8, 4) is 39.8 Å². The Labute approximate surface area is 462 Å². The number of rotatable bonds is 12. The van der Waals surface area contributed by atoms with Crippen molar-refractivity contribution < 1.29 is 9.30 Å². The molecule has 0 unspecified atom stereocenters. The third-order valence-corrected chi connectivity index (χ3v) is 16.3. The van der Waals surface area contributed by atoms with Crippen molar-refractivity contribution in [1.29, 1.82) is 0 Å². The molecule has 78 heavy (non-hydrogen) atoms. The summed E-state index contributed by atoms with van der Waals surface area (Å²) < 4.78 is 14.2. The molecule has 3 heterocycles. The topological polar surface area (TPSA) is 35.9 Å². The lowest BCUT2D eigenvalue weighted by Gasteiger charge is -2.35. The molecule has 0 aliphatic heterocycles. The Balaban J connectivity index is 1.18. The first kappa shape index (κ1) is 51.8. The van der Waals surface area contributed by atoms with Gasteiger partial charge in [0.15, 0.2) is 0 Å². The van der Waals surface area contributed by atoms with Gasteiger partial charge in [0.1, 0.15) is 17.3 Å². The number of hydrogen-bond acceptors (Lipinski definition) is 2. The highest BCUT2D eigenvalue weighted by molar-refractivity contribution is 6.09. The molecule has 0 radical (unpaired) electrons. The van der Waals surface area contributed by atoms with Gasteiger partial charge in [-0.15, -0.1) is 0 Å². The van der Waals surface area contributed by atoms with Gasteiger partial charge >= 0.3 is 0 Å². The Morgan fingerprint density at radius 1 is 0.410 bits per heavy atom. The van der Waals surface area contributed by atoms with E-state index in [2.05, 4.69) is 315 Å². The van der Waals surface area contributed by atoms with E-state index in [-0.39, 0.29) is 16.2 Å². The number of ether oxygens (including phenoxy) is 1. The number of aromatic nitrogens is 4. The Morgan fingerprint density at radius 2 is 0.974 bits per heavy atom. The van der Waals surface area contributed by atoms with Crippen molar-refractivity contribution in [2.75, 3.05) is 0 Å². The summed E-state index contributed by atoms with van der Waals surface area (Å²) in [6.45, 7) is 27.7. The number of fused-ring (bicyclic) bond motifs is 3. The molecule has 0 fully saturated rings. The highest BCUT2D eigenvalue weighted by Gasteiger charge is 2.40. The Morgan fingerprint density at radius 3 is 1.60 bits per heavy atom. The van der Waals surface area contributed by atoms with Crippen LogP contribution in [0, 0.1) is 6.33 Å². The van der Waals surface area contributed by atoms with Crippen molar-refractivity contribution >= 4 is 21.8 Å². The summed E-state index contributed by atoms with van der Waals surface area (Å²) in [7, 11) is 0. The van der Waals surface area contributed by atoms with E-state index in [0.29, 0.717) is 0 Å². The zero-order valence-corrected chi connectivity index (χ0v) is 47.5. The van der Waals surface area contributed by atoms with Crippen LogP contribution in [0.5, 0.6) is 11.5 Å². The molecule has 0 atom stereocenters. The van der Waals surface area contributed by atoms with E-state index in [1.165, 1.54) is 33.2 Å². The average Bonchev–Trinajstić information content (AvgIpc) is 4.15. The molecule has 0 amide bonds. The summed E-state index contributed by atoms with van der Waals surface area (Å²) in [4.78, 5) is 4.97. The standard InChI is InChI=1S/C73H72N4O/c1-69(2,3)55-39-40-74-66(46-55)77-64-36-26-25-35-62(64)63-38-37-60(48-65(63)77)78-61-45-56(70(4,5)6)43-59(47-61)76-49-75(67(72(9,10)53-31-21-15-22-32-53)68(76)73(11,12)54-33-23-16-24-34-54)58-42-51(50-27-17-13-18-28-50)41-57(44-58)71(7,8)52-29-19-14-20-30-52/h13-48H,1-12H3. The molecule has 0 saturated carbocycles. The second-order valence-corrected chi connectivity index (χ2v) is 24.8. The predicted octanol–water partition coefficient (Wildman–Crippen LogP) is 18.1. The van der Waals surface area contributed by atoms with Crippen LogP contribution in [0.4, 0.5) is 0 Å². The molecule has 11 rings (SSSR count). The zero-order chi connectivity index (χ0) is 54.8. The molecular weight excluding hydrogens is 949 g/mol. The first-order chi connectivity index (χ1) is 37.2. The fourth-order valence-corrected chi connectivity index (χ4v) is 11.4. The van der Waals surface area contributed by atoms with E-state index >= 15 is 0 Å². The van der Waals surface area contributed by atoms with Gasteiger partial charge < -0.3 is 4.74 Å². The summed E-state index contributed by atoms with van der Waals surface area (Å²) in [6, 6.07) is 76.9. The maximum Gasteiger partial charge on any atom is 0.269 e. The predicted molar refractivity (Wildman–Crippen MR) is 323 cm³/mol. The fraction of sp³-hybridized carbons (Fsp3) is 0.233. The van der Waals surface area contributed by atoms with Gasteiger partial charge in [-0.1, -0.05) is 229 Å². The third kappa shape index (κ3) is 9.54. The first-order valence-electron chi connectivity index (χ1n) is 27.5. The van der Waals surface area contributed by atoms with E-state index in [4.69, 9.17) is 9.72 Å². The molecule has 0 aliphatic carbocycles. The number of nitrogens with zero attached hydrogens (tertiary/aromatic N) is 4. The lowest BCUT2D eigenvalue weighted by molar-refractivity contribution is -0.611. The Kier molecular flexibility index (Phi) is 13.0. The van der Waals surface area contributed by atoms with Crippen molar-refractivity contribution in [2.45, 2.75) is 110 Å². The van der Waals surface area contributed by atoms with Crippen molar-refractivity contribution in [3.63, 3.8) is 0 Å². The van der Waals surface area contributed by atoms with Gasteiger partial charge in [-0.2, -0.15) is 0 Å². The molecule has 0 aliphatic rings. The van der Waals surface area contributed by atoms with Gasteiger partial charge in [-0.3, -0.25) is 13.7 Å². The van der Waals surface area contributed by atoms with E-state index in [1.807, 2.05) is 6.20 Å². The maximum atomic E-state index is 7.21. The Bertz CT molecular complexity index is 3960. The second-order valence-electron chi connectivity index (χ2n) is 24.8. The summed E-state index contributed by atoms with van der Waals surface area (Å²) in [6.07, 6.45) is 6.08. The quantitative estimate of drug-likeness (QED) is 0.0903. The van der Waals surface area contributed by atoms with Crippen LogP contribution in [0.1, 0.15) is 128 Å². The maximum absolute atomic E-state index is 7.21. The van der Waals surface area contributed by atoms with E-state index in [1.54, 1.807) is 0 Å². The molecule has 390 valence electrons. The molecule has 5 heteroatoms. The zero-order valence-electron chi connectivity index (χ0n) is 47.5. The minimum absolute atomic E-state index is 0.0421. The van der Waals surface area contributed by atoms with Crippen LogP contribution in [0.2, 0.25) is 0 Å². The van der Waals surface area contributed by atoms with Crippen LogP contribution in [-0.2, 0) is 27.1 Å². The molecule has 0 saturated heterocycles. The smallest absolute Gasteiger partial charge is 0.269 e. The van der Waals surface area contributed by atoms with E-state index in [9.17, 15) is 0 Å². The fourth-order valence-electron chi connectivity index (χ4n) is 11.4. The minimum Gasteiger partial charge on any atom is -0.458 e. The second kappa shape index (κ2) is 19.6. The summed E-state index contributed by atoms with van der Waals surface area (Å²) in [5.74, 6) is 2.36. The third-order valence-electron chi connectivity index (χ3n) is 16.3. The SMILES string of the molecule is CC(C)(C)c1cc(Oc2ccc3c4ccccc4n(-c4cc(C(C)(C)C)ccn4)c3c2)cc(-n2[c-][n+](-c3cc(-c4ccccc4)cc(C(C)(C)c4ccccc4)c3)c(C(C)(C)c3ccccc3)c2C(C)(C)c2ccccc2)c1. The van der Waals surface area contributed by atoms with Crippen molar-refractivity contribution in [3.05, 3.63) is 270 Å². The van der Waals surface area contributed by atoms with Crippen LogP contribution < -0.4 is 9.30 Å². The number of imidazole rings is 1. The van der Waals surface area contributed by atoms with Crippen molar-refractivity contribution in [1.82, 2.24) is 14.1 Å². The van der Waals surface area contributed by atoms with Crippen LogP contribution in [0.3, 0.4) is 0 Å². The lowest BCUT2D eigenvalue weighted by Crippen LogP contribution is -2.43. The van der Waals surface area contributed by atoms with Gasteiger partial charge in [-0.25, -0.2) is 4.98 Å². The number of benzene rings is 8. The molecule has 11 aromatic rings. The van der Waals surface area contributed by atoms with Gasteiger partial charge in [0.05, 0.1) is 33.8 Å². The van der Waals surface area contributed by atoms with E-state index < -0.39 is 10.8 Å². The monoisotopic (exact) mass is 1020 g/mol. The number of hydrogen-bond donors (Lipinski definition) is 0. The number of para-hydroxylation sites is 1. The summed E-state index contributed by atoms with van der Waals surface area (Å²) >= 11 is 0. The van der Waals surface area contributed by atoms with Crippen LogP contribution in [0.15, 0.2) is 219 Å². The van der Waals surface area contributed by atoms with Gasteiger partial charge in [0.25, 0.3) is 6.33 Å². The highest BCUT2D eigenvalue weighted by atomic mass is 16.5.